The van der Waals surface area contributed by atoms with Crippen LogP contribution in [-0.4, -0.2) is 6.04 Å². The number of rotatable bonds is 0. The fourth-order valence-corrected chi connectivity index (χ4v) is 2.45. The summed E-state index contributed by atoms with van der Waals surface area (Å²) in [6.07, 6.45) is 4.28. The highest BCUT2D eigenvalue weighted by atomic mass is 14.7. The third kappa shape index (κ3) is 0.644. The summed E-state index contributed by atoms with van der Waals surface area (Å²) in [7, 11) is 0. The van der Waals surface area contributed by atoms with E-state index in [1.165, 1.54) is 19.3 Å². The van der Waals surface area contributed by atoms with Gasteiger partial charge in [-0.25, -0.2) is 0 Å². The van der Waals surface area contributed by atoms with Crippen LogP contribution in [0.5, 0.6) is 0 Å². The first kappa shape index (κ1) is 5.72. The zero-order chi connectivity index (χ0) is 6.43. The minimum atomic E-state index is 0.545. The average molecular weight is 125 g/mol. The number of hydrogen-bond acceptors (Lipinski definition) is 1. The van der Waals surface area contributed by atoms with E-state index in [0.717, 1.165) is 17.8 Å². The molecule has 1 heteroatoms. The largest absolute Gasteiger partial charge is 0.327 e. The standard InChI is InChI=1S/C8H15N/c1-5-4-6-2-3-7(6)8(5)9/h5-8H,2-4,9H2,1H3. The van der Waals surface area contributed by atoms with E-state index in [1.807, 2.05) is 0 Å². The summed E-state index contributed by atoms with van der Waals surface area (Å²) in [5.74, 6) is 2.75. The molecule has 4 unspecified atom stereocenters. The van der Waals surface area contributed by atoms with Crippen LogP contribution in [0.15, 0.2) is 0 Å². The minimum Gasteiger partial charge on any atom is -0.327 e. The van der Waals surface area contributed by atoms with Gasteiger partial charge in [-0.1, -0.05) is 6.92 Å². The molecular formula is C8H15N. The van der Waals surface area contributed by atoms with Gasteiger partial charge in [-0.15, -0.1) is 0 Å². The molecule has 9 heavy (non-hydrogen) atoms. The van der Waals surface area contributed by atoms with E-state index in [9.17, 15) is 0 Å². The van der Waals surface area contributed by atoms with Crippen molar-refractivity contribution in [3.8, 4) is 0 Å². The van der Waals surface area contributed by atoms with Crippen LogP contribution in [0.1, 0.15) is 26.2 Å². The van der Waals surface area contributed by atoms with Crippen molar-refractivity contribution in [1.82, 2.24) is 0 Å². The molecule has 0 radical (unpaired) electrons. The van der Waals surface area contributed by atoms with Crippen molar-refractivity contribution in [3.63, 3.8) is 0 Å². The molecule has 1 nitrogen and oxygen atoms in total. The van der Waals surface area contributed by atoms with Crippen molar-refractivity contribution >= 4 is 0 Å². The highest BCUT2D eigenvalue weighted by molar-refractivity contribution is 4.97. The van der Waals surface area contributed by atoms with E-state index in [0.29, 0.717) is 6.04 Å². The smallest absolute Gasteiger partial charge is 0.00957 e. The molecule has 0 spiro atoms. The summed E-state index contributed by atoms with van der Waals surface area (Å²) < 4.78 is 0. The molecule has 0 aromatic heterocycles. The van der Waals surface area contributed by atoms with Gasteiger partial charge in [0.25, 0.3) is 0 Å². The molecule has 2 fully saturated rings. The van der Waals surface area contributed by atoms with Gasteiger partial charge in [-0.2, -0.15) is 0 Å². The Morgan fingerprint density at radius 1 is 1.33 bits per heavy atom. The van der Waals surface area contributed by atoms with E-state index in [1.54, 1.807) is 0 Å². The van der Waals surface area contributed by atoms with E-state index >= 15 is 0 Å². The molecule has 0 bridgehead atoms. The van der Waals surface area contributed by atoms with Gasteiger partial charge < -0.3 is 5.73 Å². The zero-order valence-electron chi connectivity index (χ0n) is 6.01. The highest BCUT2D eigenvalue weighted by Gasteiger charge is 2.44. The van der Waals surface area contributed by atoms with Crippen LogP contribution in [0.25, 0.3) is 0 Å². The molecule has 0 aromatic rings. The Morgan fingerprint density at radius 2 is 2.11 bits per heavy atom. The Bertz CT molecular complexity index is 118. The molecule has 4 atom stereocenters. The molecule has 2 rings (SSSR count). The Hall–Kier alpha value is -0.0400. The molecule has 52 valence electrons. The van der Waals surface area contributed by atoms with Crippen molar-refractivity contribution in [2.24, 2.45) is 23.5 Å². The van der Waals surface area contributed by atoms with Crippen LogP contribution in [0, 0.1) is 17.8 Å². The van der Waals surface area contributed by atoms with Crippen LogP contribution in [0.3, 0.4) is 0 Å². The Balaban J connectivity index is 2.07. The van der Waals surface area contributed by atoms with Gasteiger partial charge in [-0.05, 0) is 37.0 Å². The summed E-state index contributed by atoms with van der Waals surface area (Å²) in [5.41, 5.74) is 5.96. The number of nitrogens with two attached hydrogens (primary N) is 1. The maximum Gasteiger partial charge on any atom is 0.00957 e. The van der Waals surface area contributed by atoms with Crippen LogP contribution in [-0.2, 0) is 0 Å². The molecule has 0 heterocycles. The first-order valence-electron chi connectivity index (χ1n) is 4.04. The first-order valence-corrected chi connectivity index (χ1v) is 4.04. The van der Waals surface area contributed by atoms with Crippen molar-refractivity contribution in [2.45, 2.75) is 32.2 Å². The van der Waals surface area contributed by atoms with Crippen molar-refractivity contribution in [2.75, 3.05) is 0 Å². The predicted octanol–water partition coefficient (Wildman–Crippen LogP) is 1.38. The third-order valence-electron chi connectivity index (χ3n) is 3.30. The summed E-state index contributed by atoms with van der Waals surface area (Å²) in [5, 5.41) is 0. The number of fused-ring (bicyclic) bond motifs is 1. The molecule has 2 aliphatic rings. The second kappa shape index (κ2) is 1.72. The van der Waals surface area contributed by atoms with Gasteiger partial charge in [0.1, 0.15) is 0 Å². The molecule has 0 aromatic carbocycles. The van der Waals surface area contributed by atoms with Gasteiger partial charge >= 0.3 is 0 Å². The van der Waals surface area contributed by atoms with Crippen LogP contribution < -0.4 is 5.73 Å². The lowest BCUT2D eigenvalue weighted by molar-refractivity contribution is 0.202. The normalized spacial score (nSPS) is 56.7. The minimum absolute atomic E-state index is 0.545. The molecule has 0 saturated heterocycles. The van der Waals surface area contributed by atoms with Gasteiger partial charge in [0.15, 0.2) is 0 Å². The fourth-order valence-electron chi connectivity index (χ4n) is 2.45. The quantitative estimate of drug-likeness (QED) is 0.520. The summed E-state index contributed by atoms with van der Waals surface area (Å²) in [4.78, 5) is 0. The maximum absolute atomic E-state index is 5.96. The predicted molar refractivity (Wildman–Crippen MR) is 38.0 cm³/mol. The average Bonchev–Trinajstić information content (AvgIpc) is 1.92. The molecule has 2 aliphatic carbocycles. The third-order valence-corrected chi connectivity index (χ3v) is 3.30. The summed E-state index contributed by atoms with van der Waals surface area (Å²) >= 11 is 0. The van der Waals surface area contributed by atoms with E-state index in [2.05, 4.69) is 6.92 Å². The van der Waals surface area contributed by atoms with Gasteiger partial charge in [-0.3, -0.25) is 0 Å². The Morgan fingerprint density at radius 3 is 2.33 bits per heavy atom. The van der Waals surface area contributed by atoms with Gasteiger partial charge in [0.05, 0.1) is 0 Å². The topological polar surface area (TPSA) is 26.0 Å². The fraction of sp³-hybridized carbons (Fsp3) is 1.00. The number of hydrogen-bond donors (Lipinski definition) is 1. The maximum atomic E-state index is 5.96. The van der Waals surface area contributed by atoms with Crippen LogP contribution in [0.2, 0.25) is 0 Å². The van der Waals surface area contributed by atoms with E-state index < -0.39 is 0 Å². The second-order valence-electron chi connectivity index (χ2n) is 3.79. The molecule has 2 N–H and O–H groups in total. The molecule has 0 amide bonds. The van der Waals surface area contributed by atoms with Crippen molar-refractivity contribution in [1.29, 1.82) is 0 Å². The van der Waals surface area contributed by atoms with Crippen LogP contribution in [0.4, 0.5) is 0 Å². The lowest BCUT2D eigenvalue weighted by Gasteiger charge is -2.32. The monoisotopic (exact) mass is 125 g/mol. The second-order valence-corrected chi connectivity index (χ2v) is 3.79. The lowest BCUT2D eigenvalue weighted by Crippen LogP contribution is -2.35. The zero-order valence-corrected chi connectivity index (χ0v) is 6.01. The molecular weight excluding hydrogens is 110 g/mol. The summed E-state index contributed by atoms with van der Waals surface area (Å²) in [6, 6.07) is 0.545. The Kier molecular flexibility index (Phi) is 1.10. The van der Waals surface area contributed by atoms with Gasteiger partial charge in [0.2, 0.25) is 0 Å². The lowest BCUT2D eigenvalue weighted by atomic mass is 9.75. The van der Waals surface area contributed by atoms with E-state index in [-0.39, 0.29) is 0 Å². The summed E-state index contributed by atoms with van der Waals surface area (Å²) in [6.45, 7) is 2.29. The molecule has 2 saturated carbocycles. The van der Waals surface area contributed by atoms with Crippen molar-refractivity contribution < 1.29 is 0 Å². The SMILES string of the molecule is CC1CC2CCC2C1N. The van der Waals surface area contributed by atoms with Gasteiger partial charge in [0, 0.05) is 6.04 Å². The van der Waals surface area contributed by atoms with Crippen molar-refractivity contribution in [3.05, 3.63) is 0 Å². The Labute approximate surface area is 56.6 Å². The molecule has 0 aliphatic heterocycles. The highest BCUT2D eigenvalue weighted by Crippen LogP contribution is 2.48. The van der Waals surface area contributed by atoms with E-state index in [4.69, 9.17) is 5.73 Å². The first-order chi connectivity index (χ1) is 4.29. The van der Waals surface area contributed by atoms with Crippen LogP contribution >= 0.6 is 0 Å².